The molecule has 6 rings (SSSR count). The lowest BCUT2D eigenvalue weighted by Gasteiger charge is -2.53. The second-order valence-electron chi connectivity index (χ2n) is 9.57. The van der Waals surface area contributed by atoms with Crippen LogP contribution in [0, 0.1) is 23.7 Å². The number of carboxylic acids is 1. The zero-order valence-corrected chi connectivity index (χ0v) is 18.1. The van der Waals surface area contributed by atoms with Crippen molar-refractivity contribution in [2.45, 2.75) is 51.0 Å². The summed E-state index contributed by atoms with van der Waals surface area (Å²) in [6.45, 7) is 0.773. The number of carboxylic acid groups (broad SMARTS) is 1. The summed E-state index contributed by atoms with van der Waals surface area (Å²) in [6.07, 6.45) is 7.23. The molecule has 0 unspecified atom stereocenters. The highest BCUT2D eigenvalue weighted by Gasteiger charge is 2.49. The van der Waals surface area contributed by atoms with Gasteiger partial charge in [0.1, 0.15) is 11.9 Å². The number of hydrogen-bond acceptors (Lipinski definition) is 5. The maximum atomic E-state index is 12.9. The number of carbonyl (C=O) groups is 2. The van der Waals surface area contributed by atoms with Gasteiger partial charge in [-0.25, -0.2) is 9.52 Å². The van der Waals surface area contributed by atoms with Crippen LogP contribution in [0.1, 0.15) is 65.7 Å². The van der Waals surface area contributed by atoms with Crippen LogP contribution in [0.3, 0.4) is 0 Å². The Morgan fingerprint density at radius 1 is 1.00 bits per heavy atom. The lowest BCUT2D eigenvalue weighted by Crippen LogP contribution is -2.51. The number of aromatic carboxylic acids is 1. The zero-order valence-electron chi connectivity index (χ0n) is 17.3. The molecular weight excluding hydrogens is 420 g/mol. The fourth-order valence-corrected chi connectivity index (χ4v) is 7.53. The Bertz CT molecular complexity index is 973. The van der Waals surface area contributed by atoms with Gasteiger partial charge in [-0.15, -0.1) is 0 Å². The summed E-state index contributed by atoms with van der Waals surface area (Å²) in [5, 5.41) is 9.42. The SMILES string of the molecule is O=C(O)c1ccc(C(=O)NS(=O)(=O)N2CCCC2)c(OC2C3CC4CC(C3)CC2C4)c1. The summed E-state index contributed by atoms with van der Waals surface area (Å²) in [6, 6.07) is 4.01. The van der Waals surface area contributed by atoms with Crippen molar-refractivity contribution in [1.29, 1.82) is 0 Å². The maximum Gasteiger partial charge on any atom is 0.335 e. The van der Waals surface area contributed by atoms with Crippen molar-refractivity contribution < 1.29 is 27.9 Å². The highest BCUT2D eigenvalue weighted by molar-refractivity contribution is 7.87. The summed E-state index contributed by atoms with van der Waals surface area (Å²) < 4.78 is 34.8. The summed E-state index contributed by atoms with van der Waals surface area (Å²) in [5.41, 5.74) is 0.0688. The standard InChI is InChI=1S/C22H28N2O6S/c25-21(23-31(28,29)24-5-1-2-6-24)18-4-3-15(22(26)27)12-19(18)30-20-16-8-13-7-14(10-16)11-17(20)9-13/h3-4,12-14,16-17,20H,1-2,5-11H2,(H,23,25)(H,26,27). The van der Waals surface area contributed by atoms with Crippen molar-refractivity contribution in [2.75, 3.05) is 13.1 Å². The van der Waals surface area contributed by atoms with Crippen LogP contribution >= 0.6 is 0 Å². The van der Waals surface area contributed by atoms with E-state index in [1.165, 1.54) is 28.9 Å². The van der Waals surface area contributed by atoms with Crippen molar-refractivity contribution in [2.24, 2.45) is 23.7 Å². The van der Waals surface area contributed by atoms with Gasteiger partial charge in [0.05, 0.1) is 11.1 Å². The minimum Gasteiger partial charge on any atom is -0.489 e. The van der Waals surface area contributed by atoms with Gasteiger partial charge in [0.2, 0.25) is 0 Å². The Labute approximate surface area is 182 Å². The van der Waals surface area contributed by atoms with Crippen LogP contribution in [0.15, 0.2) is 18.2 Å². The molecule has 2 N–H and O–H groups in total. The molecule has 1 aliphatic heterocycles. The number of carbonyl (C=O) groups excluding carboxylic acids is 1. The lowest BCUT2D eigenvalue weighted by atomic mass is 9.55. The van der Waals surface area contributed by atoms with Crippen molar-refractivity contribution in [3.63, 3.8) is 0 Å². The van der Waals surface area contributed by atoms with E-state index in [9.17, 15) is 23.1 Å². The van der Waals surface area contributed by atoms with E-state index in [-0.39, 0.29) is 23.0 Å². The molecular formula is C22H28N2O6S. The van der Waals surface area contributed by atoms with Crippen LogP contribution in [-0.4, -0.2) is 48.9 Å². The van der Waals surface area contributed by atoms with Gasteiger partial charge in [-0.2, -0.15) is 12.7 Å². The summed E-state index contributed by atoms with van der Waals surface area (Å²) in [7, 11) is -3.94. The fraction of sp³-hybridized carbons (Fsp3) is 0.636. The monoisotopic (exact) mass is 448 g/mol. The molecule has 1 saturated heterocycles. The van der Waals surface area contributed by atoms with Gasteiger partial charge >= 0.3 is 16.2 Å². The number of hydrogen-bond donors (Lipinski definition) is 2. The number of nitrogens with one attached hydrogen (secondary N) is 1. The molecule has 0 aromatic heterocycles. The number of nitrogens with zero attached hydrogens (tertiary/aromatic N) is 1. The molecule has 5 aliphatic rings. The molecule has 4 bridgehead atoms. The molecule has 1 amide bonds. The number of rotatable bonds is 6. The molecule has 168 valence electrons. The van der Waals surface area contributed by atoms with Crippen LogP contribution in [-0.2, 0) is 10.2 Å². The minimum atomic E-state index is -3.94. The predicted octanol–water partition coefficient (Wildman–Crippen LogP) is 2.66. The third-order valence-corrected chi connectivity index (χ3v) is 8.99. The van der Waals surface area contributed by atoms with Crippen LogP contribution in [0.2, 0.25) is 0 Å². The minimum absolute atomic E-state index is 0.0118. The predicted molar refractivity (Wildman–Crippen MR) is 112 cm³/mol. The molecule has 4 aliphatic carbocycles. The van der Waals surface area contributed by atoms with Crippen molar-refractivity contribution in [1.82, 2.24) is 9.03 Å². The molecule has 9 heteroatoms. The van der Waals surface area contributed by atoms with Gasteiger partial charge in [-0.05, 0) is 86.8 Å². The van der Waals surface area contributed by atoms with E-state index < -0.39 is 22.1 Å². The quantitative estimate of drug-likeness (QED) is 0.692. The van der Waals surface area contributed by atoms with Crippen LogP contribution in [0.4, 0.5) is 0 Å². The first kappa shape index (κ1) is 20.8. The van der Waals surface area contributed by atoms with Crippen molar-refractivity contribution >= 4 is 22.1 Å². The number of amides is 1. The molecule has 8 nitrogen and oxygen atoms in total. The maximum absolute atomic E-state index is 12.9. The average Bonchev–Trinajstić information content (AvgIpc) is 3.25. The van der Waals surface area contributed by atoms with E-state index in [0.29, 0.717) is 24.9 Å². The van der Waals surface area contributed by atoms with Crippen LogP contribution < -0.4 is 9.46 Å². The topological polar surface area (TPSA) is 113 Å². The lowest BCUT2D eigenvalue weighted by molar-refractivity contribution is -0.0791. The third-order valence-electron chi connectivity index (χ3n) is 7.50. The smallest absolute Gasteiger partial charge is 0.335 e. The third kappa shape index (κ3) is 3.93. The molecule has 1 aromatic carbocycles. The molecule has 31 heavy (non-hydrogen) atoms. The molecule has 1 heterocycles. The van der Waals surface area contributed by atoms with Gasteiger partial charge in [0.25, 0.3) is 5.91 Å². The van der Waals surface area contributed by atoms with E-state index in [0.717, 1.165) is 50.4 Å². The van der Waals surface area contributed by atoms with Gasteiger partial charge in [-0.1, -0.05) is 0 Å². The van der Waals surface area contributed by atoms with E-state index in [1.807, 2.05) is 0 Å². The largest absolute Gasteiger partial charge is 0.489 e. The Hall–Kier alpha value is -2.13. The Kier molecular flexibility index (Phi) is 5.21. The fourth-order valence-electron chi connectivity index (χ4n) is 6.32. The highest BCUT2D eigenvalue weighted by atomic mass is 32.2. The first-order valence-electron chi connectivity index (χ1n) is 11.2. The number of benzene rings is 1. The normalized spacial score (nSPS) is 32.2. The first-order valence-corrected chi connectivity index (χ1v) is 12.6. The van der Waals surface area contributed by atoms with Gasteiger partial charge in [0.15, 0.2) is 0 Å². The molecule has 4 saturated carbocycles. The second kappa shape index (κ2) is 7.78. The summed E-state index contributed by atoms with van der Waals surface area (Å²) in [4.78, 5) is 24.4. The Morgan fingerprint density at radius 3 is 2.19 bits per heavy atom. The number of ether oxygens (including phenoxy) is 1. The van der Waals surface area contributed by atoms with Crippen molar-refractivity contribution in [3.8, 4) is 5.75 Å². The Morgan fingerprint density at radius 2 is 1.61 bits per heavy atom. The van der Waals surface area contributed by atoms with E-state index in [1.54, 1.807) is 0 Å². The van der Waals surface area contributed by atoms with E-state index in [2.05, 4.69) is 4.72 Å². The molecule has 0 spiro atoms. The molecule has 0 atom stereocenters. The zero-order chi connectivity index (χ0) is 21.8. The van der Waals surface area contributed by atoms with Crippen molar-refractivity contribution in [3.05, 3.63) is 29.3 Å². The van der Waals surface area contributed by atoms with Crippen LogP contribution in [0.25, 0.3) is 0 Å². The second-order valence-corrected chi connectivity index (χ2v) is 11.2. The highest BCUT2D eigenvalue weighted by Crippen LogP contribution is 2.54. The van der Waals surface area contributed by atoms with Gasteiger partial charge in [-0.3, -0.25) is 4.79 Å². The molecule has 1 aromatic rings. The van der Waals surface area contributed by atoms with Crippen LogP contribution in [0.5, 0.6) is 5.75 Å². The Balaban J connectivity index is 1.41. The van der Waals surface area contributed by atoms with Gasteiger partial charge < -0.3 is 9.84 Å². The molecule has 5 fully saturated rings. The summed E-state index contributed by atoms with van der Waals surface area (Å²) >= 11 is 0. The van der Waals surface area contributed by atoms with E-state index >= 15 is 0 Å². The molecule has 0 radical (unpaired) electrons. The van der Waals surface area contributed by atoms with Gasteiger partial charge in [0, 0.05) is 13.1 Å². The average molecular weight is 449 g/mol. The summed E-state index contributed by atoms with van der Waals surface area (Å²) in [5.74, 6) is 0.575. The first-order chi connectivity index (χ1) is 14.8. The van der Waals surface area contributed by atoms with E-state index in [4.69, 9.17) is 4.74 Å².